The van der Waals surface area contributed by atoms with Crippen molar-refractivity contribution in [3.63, 3.8) is 0 Å². The standard InChI is InChI=1S/C8H9FINO2S/c1-11-8-6(9)3-5(4-7(8)10)14(2,12)13/h3-4,11H,1-2H3. The first-order valence-electron chi connectivity index (χ1n) is 3.73. The highest BCUT2D eigenvalue weighted by molar-refractivity contribution is 14.1. The quantitative estimate of drug-likeness (QED) is 0.843. The lowest BCUT2D eigenvalue weighted by atomic mass is 10.3. The van der Waals surface area contributed by atoms with E-state index in [0.29, 0.717) is 9.26 Å². The van der Waals surface area contributed by atoms with Crippen LogP contribution in [0.2, 0.25) is 0 Å². The number of nitrogens with one attached hydrogen (secondary N) is 1. The Morgan fingerprint density at radius 2 is 2.00 bits per heavy atom. The molecule has 0 fully saturated rings. The number of hydrogen-bond donors (Lipinski definition) is 1. The molecule has 0 aliphatic heterocycles. The molecular weight excluding hydrogens is 320 g/mol. The van der Waals surface area contributed by atoms with Gasteiger partial charge >= 0.3 is 0 Å². The van der Waals surface area contributed by atoms with Crippen LogP contribution < -0.4 is 5.32 Å². The maximum absolute atomic E-state index is 13.3. The highest BCUT2D eigenvalue weighted by atomic mass is 127. The van der Waals surface area contributed by atoms with Gasteiger partial charge < -0.3 is 5.32 Å². The van der Waals surface area contributed by atoms with E-state index < -0.39 is 15.7 Å². The molecule has 1 rings (SSSR count). The fourth-order valence-electron chi connectivity index (χ4n) is 1.00. The van der Waals surface area contributed by atoms with Crippen LogP contribution in [0.3, 0.4) is 0 Å². The van der Waals surface area contributed by atoms with Gasteiger partial charge in [-0.15, -0.1) is 0 Å². The Morgan fingerprint density at radius 3 is 2.36 bits per heavy atom. The van der Waals surface area contributed by atoms with Crippen molar-refractivity contribution in [2.24, 2.45) is 0 Å². The van der Waals surface area contributed by atoms with Crippen LogP contribution in [0.5, 0.6) is 0 Å². The van der Waals surface area contributed by atoms with Crippen LogP contribution in [0.4, 0.5) is 10.1 Å². The summed E-state index contributed by atoms with van der Waals surface area (Å²) in [7, 11) is -1.76. The van der Waals surface area contributed by atoms with E-state index in [0.717, 1.165) is 12.3 Å². The lowest BCUT2D eigenvalue weighted by Gasteiger charge is -2.07. The van der Waals surface area contributed by atoms with Gasteiger partial charge in [0.15, 0.2) is 9.84 Å². The normalized spacial score (nSPS) is 11.4. The molecule has 1 aromatic rings. The fourth-order valence-corrected chi connectivity index (χ4v) is 2.73. The second-order valence-corrected chi connectivity index (χ2v) is 5.96. The molecule has 0 atom stereocenters. The summed E-state index contributed by atoms with van der Waals surface area (Å²) < 4.78 is 36.1. The number of halogens is 2. The van der Waals surface area contributed by atoms with Crippen LogP contribution >= 0.6 is 22.6 Å². The molecule has 78 valence electrons. The van der Waals surface area contributed by atoms with Gasteiger partial charge in [0.1, 0.15) is 5.82 Å². The Balaban J connectivity index is 3.43. The molecule has 0 bridgehead atoms. The highest BCUT2D eigenvalue weighted by Crippen LogP contribution is 2.25. The molecule has 0 saturated heterocycles. The molecule has 0 amide bonds. The Hall–Kier alpha value is -0.370. The van der Waals surface area contributed by atoms with Crippen LogP contribution in [0.25, 0.3) is 0 Å². The third-order valence-corrected chi connectivity index (χ3v) is 3.64. The van der Waals surface area contributed by atoms with Crippen LogP contribution in [0, 0.1) is 9.39 Å². The molecule has 0 saturated carbocycles. The van der Waals surface area contributed by atoms with Crippen LogP contribution in [-0.4, -0.2) is 21.7 Å². The van der Waals surface area contributed by atoms with Crippen molar-refractivity contribution in [1.29, 1.82) is 0 Å². The second-order valence-electron chi connectivity index (χ2n) is 2.78. The van der Waals surface area contributed by atoms with Crippen LogP contribution in [-0.2, 0) is 9.84 Å². The minimum atomic E-state index is -3.35. The largest absolute Gasteiger partial charge is 0.385 e. The molecule has 6 heteroatoms. The highest BCUT2D eigenvalue weighted by Gasteiger charge is 2.13. The maximum atomic E-state index is 13.3. The van der Waals surface area contributed by atoms with E-state index in [4.69, 9.17) is 0 Å². The van der Waals surface area contributed by atoms with Gasteiger partial charge in [-0.05, 0) is 34.7 Å². The smallest absolute Gasteiger partial charge is 0.175 e. The van der Waals surface area contributed by atoms with Crippen molar-refractivity contribution in [3.05, 3.63) is 21.5 Å². The van der Waals surface area contributed by atoms with Crippen molar-refractivity contribution in [1.82, 2.24) is 0 Å². The van der Waals surface area contributed by atoms with Crippen molar-refractivity contribution in [2.75, 3.05) is 18.6 Å². The minimum Gasteiger partial charge on any atom is -0.385 e. The lowest BCUT2D eigenvalue weighted by molar-refractivity contribution is 0.596. The Labute approximate surface area is 95.8 Å². The van der Waals surface area contributed by atoms with Gasteiger partial charge in [-0.3, -0.25) is 0 Å². The maximum Gasteiger partial charge on any atom is 0.175 e. The van der Waals surface area contributed by atoms with E-state index in [2.05, 4.69) is 5.32 Å². The van der Waals surface area contributed by atoms with Gasteiger partial charge in [-0.25, -0.2) is 12.8 Å². The summed E-state index contributed by atoms with van der Waals surface area (Å²) in [6, 6.07) is 2.45. The predicted molar refractivity (Wildman–Crippen MR) is 61.8 cm³/mol. The molecule has 0 spiro atoms. The lowest BCUT2D eigenvalue weighted by Crippen LogP contribution is -2.02. The molecule has 1 aromatic carbocycles. The summed E-state index contributed by atoms with van der Waals surface area (Å²) in [6.45, 7) is 0. The Bertz CT molecular complexity index is 435. The van der Waals surface area contributed by atoms with Gasteiger partial charge in [-0.2, -0.15) is 0 Å². The number of anilines is 1. The molecule has 3 nitrogen and oxygen atoms in total. The molecule has 1 N–H and O–H groups in total. The number of hydrogen-bond acceptors (Lipinski definition) is 3. The van der Waals surface area contributed by atoms with Crippen molar-refractivity contribution < 1.29 is 12.8 Å². The van der Waals surface area contributed by atoms with Crippen LogP contribution in [0.15, 0.2) is 17.0 Å². The number of sulfone groups is 1. The molecule has 0 aromatic heterocycles. The summed E-state index contributed by atoms with van der Waals surface area (Å²) in [6.07, 6.45) is 1.05. The van der Waals surface area contributed by atoms with E-state index in [1.807, 2.05) is 22.6 Å². The molecule has 0 unspecified atom stereocenters. The first-order valence-corrected chi connectivity index (χ1v) is 6.70. The summed E-state index contributed by atoms with van der Waals surface area (Å²) >= 11 is 1.88. The summed E-state index contributed by atoms with van der Waals surface area (Å²) in [4.78, 5) is -0.00148. The average Bonchev–Trinajstić information content (AvgIpc) is 2.01. The zero-order valence-corrected chi connectivity index (χ0v) is 10.6. The first-order chi connectivity index (χ1) is 6.36. The molecule has 0 aliphatic rings. The predicted octanol–water partition coefficient (Wildman–Crippen LogP) is 1.88. The second kappa shape index (κ2) is 4.01. The fraction of sp³-hybridized carbons (Fsp3) is 0.250. The number of benzene rings is 1. The van der Waals surface area contributed by atoms with E-state index in [1.165, 1.54) is 6.07 Å². The Morgan fingerprint density at radius 1 is 1.43 bits per heavy atom. The van der Waals surface area contributed by atoms with E-state index in [1.54, 1.807) is 7.05 Å². The zero-order valence-electron chi connectivity index (χ0n) is 7.64. The van der Waals surface area contributed by atoms with E-state index in [9.17, 15) is 12.8 Å². The molecular formula is C8H9FINO2S. The summed E-state index contributed by atoms with van der Waals surface area (Å²) in [5.41, 5.74) is 0.318. The van der Waals surface area contributed by atoms with Crippen molar-refractivity contribution in [3.8, 4) is 0 Å². The first kappa shape index (κ1) is 11.7. The van der Waals surface area contributed by atoms with Crippen molar-refractivity contribution in [2.45, 2.75) is 4.90 Å². The molecule has 14 heavy (non-hydrogen) atoms. The monoisotopic (exact) mass is 329 g/mol. The minimum absolute atomic E-state index is 0.00148. The molecule has 0 radical (unpaired) electrons. The topological polar surface area (TPSA) is 46.2 Å². The third kappa shape index (κ3) is 2.35. The molecule has 0 aliphatic carbocycles. The van der Waals surface area contributed by atoms with Gasteiger partial charge in [0.2, 0.25) is 0 Å². The van der Waals surface area contributed by atoms with Crippen LogP contribution in [0.1, 0.15) is 0 Å². The third-order valence-electron chi connectivity index (χ3n) is 1.69. The molecule has 0 heterocycles. The van der Waals surface area contributed by atoms with Crippen molar-refractivity contribution >= 4 is 38.1 Å². The van der Waals surface area contributed by atoms with Gasteiger partial charge in [0.05, 0.1) is 10.6 Å². The summed E-state index contributed by atoms with van der Waals surface area (Å²) in [5.74, 6) is -0.556. The summed E-state index contributed by atoms with van der Waals surface area (Å²) in [5, 5.41) is 2.66. The Kier molecular flexibility index (Phi) is 3.36. The average molecular weight is 329 g/mol. The van der Waals surface area contributed by atoms with Gasteiger partial charge in [0.25, 0.3) is 0 Å². The van der Waals surface area contributed by atoms with Gasteiger partial charge in [0, 0.05) is 16.9 Å². The SMILES string of the molecule is CNc1c(F)cc(S(C)(=O)=O)cc1I. The number of rotatable bonds is 2. The zero-order chi connectivity index (χ0) is 10.9. The van der Waals surface area contributed by atoms with E-state index in [-0.39, 0.29) is 4.90 Å². The van der Waals surface area contributed by atoms with E-state index >= 15 is 0 Å². The van der Waals surface area contributed by atoms with Gasteiger partial charge in [-0.1, -0.05) is 0 Å².